The first-order valence-electron chi connectivity index (χ1n) is 6.63. The van der Waals surface area contributed by atoms with Gasteiger partial charge in [0, 0.05) is 19.5 Å². The van der Waals surface area contributed by atoms with Gasteiger partial charge in [0.15, 0.2) is 5.92 Å². The standard InChI is InChI=1S/C16H15F2NO3/c1-10(20)22-16(18)9-8-12(11-6-4-3-5-7-11)14(17)13(16)15(21)19-2/h3-9,13H,1-2H3,(H,19,21). The number of ether oxygens (including phenoxy) is 1. The molecule has 0 saturated carbocycles. The van der Waals surface area contributed by atoms with Crippen molar-refractivity contribution in [2.75, 3.05) is 7.05 Å². The first-order valence-corrected chi connectivity index (χ1v) is 6.63. The molecule has 0 bridgehead atoms. The Morgan fingerprint density at radius 1 is 1.27 bits per heavy atom. The van der Waals surface area contributed by atoms with Gasteiger partial charge >= 0.3 is 5.97 Å². The minimum absolute atomic E-state index is 0.0784. The zero-order valence-electron chi connectivity index (χ0n) is 12.1. The number of nitrogens with one attached hydrogen (secondary N) is 1. The van der Waals surface area contributed by atoms with Gasteiger partial charge in [0.2, 0.25) is 5.91 Å². The van der Waals surface area contributed by atoms with E-state index in [4.69, 9.17) is 0 Å². The quantitative estimate of drug-likeness (QED) is 0.873. The number of rotatable bonds is 3. The fraction of sp³-hybridized carbons (Fsp3) is 0.250. The number of amides is 1. The summed E-state index contributed by atoms with van der Waals surface area (Å²) in [6, 6.07) is 8.42. The van der Waals surface area contributed by atoms with Crippen LogP contribution in [-0.4, -0.2) is 24.8 Å². The predicted octanol–water partition coefficient (Wildman–Crippen LogP) is 2.53. The van der Waals surface area contributed by atoms with Crippen LogP contribution in [0.4, 0.5) is 8.78 Å². The molecule has 1 aromatic carbocycles. The van der Waals surface area contributed by atoms with Gasteiger partial charge in [-0.05, 0) is 17.7 Å². The van der Waals surface area contributed by atoms with Crippen LogP contribution in [0.1, 0.15) is 12.5 Å². The molecule has 0 saturated heterocycles. The van der Waals surface area contributed by atoms with Crippen molar-refractivity contribution in [1.29, 1.82) is 0 Å². The Morgan fingerprint density at radius 2 is 1.91 bits per heavy atom. The van der Waals surface area contributed by atoms with Gasteiger partial charge in [0.1, 0.15) is 5.83 Å². The van der Waals surface area contributed by atoms with Crippen molar-refractivity contribution in [1.82, 2.24) is 5.32 Å². The SMILES string of the molecule is CNC(=O)C1C(F)=C(c2ccccc2)C=CC1(F)OC(C)=O. The summed E-state index contributed by atoms with van der Waals surface area (Å²) in [6.45, 7) is 0.990. The summed E-state index contributed by atoms with van der Waals surface area (Å²) in [5.41, 5.74) is 0.574. The molecule has 1 N–H and O–H groups in total. The van der Waals surface area contributed by atoms with Crippen molar-refractivity contribution < 1.29 is 23.1 Å². The molecule has 116 valence electrons. The van der Waals surface area contributed by atoms with Crippen LogP contribution in [0, 0.1) is 5.92 Å². The number of hydrogen-bond donors (Lipinski definition) is 1. The smallest absolute Gasteiger partial charge is 0.305 e. The van der Waals surface area contributed by atoms with Crippen LogP contribution in [-0.2, 0) is 14.3 Å². The van der Waals surface area contributed by atoms with E-state index in [1.54, 1.807) is 30.3 Å². The molecule has 6 heteroatoms. The van der Waals surface area contributed by atoms with E-state index >= 15 is 0 Å². The normalized spacial score (nSPS) is 24.1. The van der Waals surface area contributed by atoms with E-state index in [2.05, 4.69) is 10.1 Å². The van der Waals surface area contributed by atoms with Gasteiger partial charge in [0.05, 0.1) is 0 Å². The maximum Gasteiger partial charge on any atom is 0.305 e. The summed E-state index contributed by atoms with van der Waals surface area (Å²) in [5.74, 6) is -7.59. The third kappa shape index (κ3) is 2.90. The van der Waals surface area contributed by atoms with Crippen molar-refractivity contribution in [3.63, 3.8) is 0 Å². The topological polar surface area (TPSA) is 55.4 Å². The molecule has 2 atom stereocenters. The van der Waals surface area contributed by atoms with Gasteiger partial charge in [-0.3, -0.25) is 9.59 Å². The van der Waals surface area contributed by atoms with E-state index in [0.29, 0.717) is 5.56 Å². The Balaban J connectivity index is 2.52. The van der Waals surface area contributed by atoms with E-state index in [0.717, 1.165) is 13.0 Å². The average Bonchev–Trinajstić information content (AvgIpc) is 2.47. The Kier molecular flexibility index (Phi) is 4.40. The summed E-state index contributed by atoms with van der Waals surface area (Å²) in [5, 5.41) is 2.19. The van der Waals surface area contributed by atoms with Crippen molar-refractivity contribution in [3.05, 3.63) is 53.9 Å². The first kappa shape index (κ1) is 15.9. The van der Waals surface area contributed by atoms with Crippen LogP contribution < -0.4 is 5.32 Å². The van der Waals surface area contributed by atoms with E-state index in [1.165, 1.54) is 13.1 Å². The van der Waals surface area contributed by atoms with E-state index < -0.39 is 29.5 Å². The third-order valence-electron chi connectivity index (χ3n) is 3.28. The Morgan fingerprint density at radius 3 is 2.45 bits per heavy atom. The van der Waals surface area contributed by atoms with Crippen molar-refractivity contribution in [3.8, 4) is 0 Å². The molecule has 1 amide bonds. The molecule has 0 aliphatic heterocycles. The van der Waals surface area contributed by atoms with Gasteiger partial charge in [-0.15, -0.1) is 0 Å². The van der Waals surface area contributed by atoms with Gasteiger partial charge < -0.3 is 10.1 Å². The van der Waals surface area contributed by atoms with Gasteiger partial charge in [-0.2, -0.15) is 4.39 Å². The number of allylic oxidation sites excluding steroid dienone is 2. The summed E-state index contributed by atoms with van der Waals surface area (Å²) in [4.78, 5) is 23.0. The van der Waals surface area contributed by atoms with Gasteiger partial charge in [-0.1, -0.05) is 30.3 Å². The fourth-order valence-corrected chi connectivity index (χ4v) is 2.30. The summed E-state index contributed by atoms with van der Waals surface area (Å²) in [7, 11) is 1.25. The molecule has 0 heterocycles. The van der Waals surface area contributed by atoms with Crippen LogP contribution in [0.2, 0.25) is 0 Å². The fourth-order valence-electron chi connectivity index (χ4n) is 2.30. The summed E-state index contributed by atoms with van der Waals surface area (Å²) in [6.07, 6.45) is 2.06. The molecular weight excluding hydrogens is 292 g/mol. The number of carbonyl (C=O) groups is 2. The highest BCUT2D eigenvalue weighted by Crippen LogP contribution is 2.41. The second-order valence-electron chi connectivity index (χ2n) is 4.80. The van der Waals surface area contributed by atoms with E-state index in [9.17, 15) is 18.4 Å². The predicted molar refractivity (Wildman–Crippen MR) is 76.8 cm³/mol. The second kappa shape index (κ2) is 6.09. The molecule has 0 spiro atoms. The average molecular weight is 307 g/mol. The lowest BCUT2D eigenvalue weighted by atomic mass is 9.86. The first-order chi connectivity index (χ1) is 10.4. The molecule has 1 aliphatic rings. The van der Waals surface area contributed by atoms with Crippen LogP contribution in [0.25, 0.3) is 5.57 Å². The largest absolute Gasteiger partial charge is 0.424 e. The monoisotopic (exact) mass is 307 g/mol. The highest BCUT2D eigenvalue weighted by atomic mass is 19.2. The van der Waals surface area contributed by atoms with Crippen LogP contribution in [0.5, 0.6) is 0 Å². The van der Waals surface area contributed by atoms with Crippen LogP contribution in [0.3, 0.4) is 0 Å². The molecule has 2 rings (SSSR count). The van der Waals surface area contributed by atoms with Gasteiger partial charge in [0.25, 0.3) is 5.85 Å². The molecule has 0 radical (unpaired) electrons. The van der Waals surface area contributed by atoms with Gasteiger partial charge in [-0.25, -0.2) is 4.39 Å². The van der Waals surface area contributed by atoms with Crippen LogP contribution in [0.15, 0.2) is 48.3 Å². The number of halogens is 2. The van der Waals surface area contributed by atoms with E-state index in [1.807, 2.05) is 0 Å². The Hall–Kier alpha value is -2.50. The number of benzene rings is 1. The molecule has 22 heavy (non-hydrogen) atoms. The molecule has 2 unspecified atom stereocenters. The minimum atomic E-state index is -2.85. The highest BCUT2D eigenvalue weighted by Gasteiger charge is 2.50. The lowest BCUT2D eigenvalue weighted by Gasteiger charge is -2.31. The lowest BCUT2D eigenvalue weighted by Crippen LogP contribution is -2.46. The third-order valence-corrected chi connectivity index (χ3v) is 3.28. The lowest BCUT2D eigenvalue weighted by molar-refractivity contribution is -0.180. The van der Waals surface area contributed by atoms with Crippen LogP contribution >= 0.6 is 0 Å². The molecule has 4 nitrogen and oxygen atoms in total. The Bertz CT molecular complexity index is 655. The number of carbonyl (C=O) groups excluding carboxylic acids is 2. The van der Waals surface area contributed by atoms with Crippen molar-refractivity contribution in [2.24, 2.45) is 5.92 Å². The number of esters is 1. The maximum atomic E-state index is 14.8. The maximum absolute atomic E-state index is 14.8. The summed E-state index contributed by atoms with van der Waals surface area (Å²) < 4.78 is 34.1. The van der Waals surface area contributed by atoms with Crippen molar-refractivity contribution in [2.45, 2.75) is 12.8 Å². The van der Waals surface area contributed by atoms with E-state index in [-0.39, 0.29) is 5.57 Å². The zero-order valence-corrected chi connectivity index (χ0v) is 12.1. The number of hydrogen-bond acceptors (Lipinski definition) is 3. The second-order valence-corrected chi connectivity index (χ2v) is 4.80. The van der Waals surface area contributed by atoms with Crippen molar-refractivity contribution >= 4 is 17.4 Å². The Labute approximate surface area is 126 Å². The zero-order chi connectivity index (χ0) is 16.3. The number of alkyl halides is 1. The molecule has 0 aromatic heterocycles. The summed E-state index contributed by atoms with van der Waals surface area (Å²) >= 11 is 0. The minimum Gasteiger partial charge on any atom is -0.424 e. The molecule has 0 fully saturated rings. The molecule has 1 aromatic rings. The molecular formula is C16H15F2NO3. The highest BCUT2D eigenvalue weighted by molar-refractivity contribution is 5.89. The molecule has 1 aliphatic carbocycles.